The van der Waals surface area contributed by atoms with Crippen LogP contribution in [0.25, 0.3) is 0 Å². The van der Waals surface area contributed by atoms with Crippen LogP contribution in [0.3, 0.4) is 0 Å². The molecule has 1 saturated carbocycles. The molecule has 1 fully saturated rings. The van der Waals surface area contributed by atoms with Gasteiger partial charge in [-0.15, -0.1) is 0 Å². The normalized spacial score (nSPS) is 29.0. The molecule has 0 amide bonds. The van der Waals surface area contributed by atoms with E-state index in [1.807, 2.05) is 0 Å². The van der Waals surface area contributed by atoms with Gasteiger partial charge in [-0.3, -0.25) is 0 Å². The minimum Gasteiger partial charge on any atom is -0.473 e. The molecule has 0 spiro atoms. The standard InChI is InChI=1S/C13H19ClN2O/c1-8-3-9(2)5-11(4-8)17-13-12(14)6-10(15)7-16-13/h6-9,11H,3-5,15H2,1-2H3. The molecule has 1 aliphatic carbocycles. The van der Waals surface area contributed by atoms with Crippen LogP contribution in [0.5, 0.6) is 5.88 Å². The number of hydrogen-bond donors (Lipinski definition) is 1. The maximum absolute atomic E-state index is 6.05. The molecule has 2 N–H and O–H groups in total. The van der Waals surface area contributed by atoms with E-state index in [0.29, 0.717) is 28.4 Å². The number of nitrogens with two attached hydrogens (primary N) is 1. The van der Waals surface area contributed by atoms with E-state index in [2.05, 4.69) is 18.8 Å². The molecule has 94 valence electrons. The van der Waals surface area contributed by atoms with E-state index < -0.39 is 0 Å². The summed E-state index contributed by atoms with van der Waals surface area (Å²) in [5.74, 6) is 1.92. The minimum atomic E-state index is 0.224. The molecule has 2 rings (SSSR count). The van der Waals surface area contributed by atoms with Crippen LogP contribution in [-0.4, -0.2) is 11.1 Å². The summed E-state index contributed by atoms with van der Waals surface area (Å²) in [7, 11) is 0. The van der Waals surface area contributed by atoms with Gasteiger partial charge in [0.15, 0.2) is 0 Å². The van der Waals surface area contributed by atoms with Crippen molar-refractivity contribution in [2.75, 3.05) is 5.73 Å². The van der Waals surface area contributed by atoms with Crippen LogP contribution in [-0.2, 0) is 0 Å². The van der Waals surface area contributed by atoms with Crippen molar-refractivity contribution < 1.29 is 4.74 Å². The minimum absolute atomic E-state index is 0.224. The average molecular weight is 255 g/mol. The Labute approximate surface area is 107 Å². The van der Waals surface area contributed by atoms with Crippen LogP contribution in [0.15, 0.2) is 12.3 Å². The molecule has 0 radical (unpaired) electrons. The molecule has 2 unspecified atom stereocenters. The van der Waals surface area contributed by atoms with E-state index in [0.717, 1.165) is 12.8 Å². The van der Waals surface area contributed by atoms with Crippen molar-refractivity contribution >= 4 is 17.3 Å². The van der Waals surface area contributed by atoms with Crippen molar-refractivity contribution in [1.82, 2.24) is 4.98 Å². The SMILES string of the molecule is CC1CC(C)CC(Oc2ncc(N)cc2Cl)C1. The van der Waals surface area contributed by atoms with Crippen LogP contribution < -0.4 is 10.5 Å². The Balaban J connectivity index is 2.04. The van der Waals surface area contributed by atoms with E-state index in [9.17, 15) is 0 Å². The molecule has 4 heteroatoms. The number of aromatic nitrogens is 1. The van der Waals surface area contributed by atoms with Gasteiger partial charge in [0.25, 0.3) is 0 Å². The molecule has 1 aliphatic rings. The summed E-state index contributed by atoms with van der Waals surface area (Å²) < 4.78 is 5.88. The average Bonchev–Trinajstić information content (AvgIpc) is 2.21. The van der Waals surface area contributed by atoms with Gasteiger partial charge in [0.1, 0.15) is 11.1 Å². The predicted molar refractivity (Wildman–Crippen MR) is 70.3 cm³/mol. The monoisotopic (exact) mass is 254 g/mol. The first kappa shape index (κ1) is 12.5. The third-order valence-electron chi connectivity index (χ3n) is 3.24. The Morgan fingerprint density at radius 1 is 1.29 bits per heavy atom. The molecule has 2 atom stereocenters. The van der Waals surface area contributed by atoms with E-state index in [-0.39, 0.29) is 6.10 Å². The number of pyridine rings is 1. The summed E-state index contributed by atoms with van der Waals surface area (Å²) in [6.45, 7) is 4.54. The molecule has 0 saturated heterocycles. The molecular weight excluding hydrogens is 236 g/mol. The van der Waals surface area contributed by atoms with Gasteiger partial charge in [-0.2, -0.15) is 0 Å². The summed E-state index contributed by atoms with van der Waals surface area (Å²) in [5.41, 5.74) is 6.16. The maximum atomic E-state index is 6.05. The highest BCUT2D eigenvalue weighted by atomic mass is 35.5. The maximum Gasteiger partial charge on any atom is 0.232 e. The smallest absolute Gasteiger partial charge is 0.232 e. The van der Waals surface area contributed by atoms with Gasteiger partial charge in [-0.05, 0) is 37.2 Å². The summed E-state index contributed by atoms with van der Waals surface area (Å²) in [6.07, 6.45) is 5.24. The van der Waals surface area contributed by atoms with Crippen molar-refractivity contribution in [3.63, 3.8) is 0 Å². The fourth-order valence-electron chi connectivity index (χ4n) is 2.65. The molecule has 0 aliphatic heterocycles. The van der Waals surface area contributed by atoms with Crippen LogP contribution >= 0.6 is 11.6 Å². The fraction of sp³-hybridized carbons (Fsp3) is 0.615. The molecule has 1 aromatic heterocycles. The number of ether oxygens (including phenoxy) is 1. The number of halogens is 1. The Morgan fingerprint density at radius 3 is 2.53 bits per heavy atom. The Kier molecular flexibility index (Phi) is 3.77. The molecule has 17 heavy (non-hydrogen) atoms. The zero-order chi connectivity index (χ0) is 12.4. The topological polar surface area (TPSA) is 48.1 Å². The Hall–Kier alpha value is -0.960. The zero-order valence-electron chi connectivity index (χ0n) is 10.3. The number of hydrogen-bond acceptors (Lipinski definition) is 3. The molecule has 1 heterocycles. The van der Waals surface area contributed by atoms with E-state index in [1.54, 1.807) is 12.3 Å². The third kappa shape index (κ3) is 3.25. The third-order valence-corrected chi connectivity index (χ3v) is 3.51. The lowest BCUT2D eigenvalue weighted by Crippen LogP contribution is -2.28. The molecule has 0 aromatic carbocycles. The first-order valence-electron chi connectivity index (χ1n) is 6.12. The predicted octanol–water partition coefficient (Wildman–Crippen LogP) is 3.52. The Morgan fingerprint density at radius 2 is 1.94 bits per heavy atom. The molecule has 1 aromatic rings. The summed E-state index contributed by atoms with van der Waals surface area (Å²) in [6, 6.07) is 1.68. The number of anilines is 1. The number of nitrogen functional groups attached to an aromatic ring is 1. The second-order valence-corrected chi connectivity index (χ2v) is 5.62. The van der Waals surface area contributed by atoms with Crippen LogP contribution in [0.1, 0.15) is 33.1 Å². The van der Waals surface area contributed by atoms with Crippen LogP contribution in [0.2, 0.25) is 5.02 Å². The van der Waals surface area contributed by atoms with Crippen molar-refractivity contribution in [1.29, 1.82) is 0 Å². The van der Waals surface area contributed by atoms with Gasteiger partial charge in [0.05, 0.1) is 11.9 Å². The van der Waals surface area contributed by atoms with Crippen LogP contribution in [0.4, 0.5) is 5.69 Å². The Bertz CT molecular complexity index is 387. The highest BCUT2D eigenvalue weighted by molar-refractivity contribution is 6.32. The highest BCUT2D eigenvalue weighted by Gasteiger charge is 2.26. The van der Waals surface area contributed by atoms with Gasteiger partial charge in [0, 0.05) is 0 Å². The van der Waals surface area contributed by atoms with Crippen molar-refractivity contribution in [3.8, 4) is 5.88 Å². The lowest BCUT2D eigenvalue weighted by atomic mass is 9.82. The first-order chi connectivity index (χ1) is 8.04. The second kappa shape index (κ2) is 5.13. The highest BCUT2D eigenvalue weighted by Crippen LogP contribution is 2.33. The molecular formula is C13H19ClN2O. The molecule has 3 nitrogen and oxygen atoms in total. The van der Waals surface area contributed by atoms with E-state index >= 15 is 0 Å². The van der Waals surface area contributed by atoms with E-state index in [1.165, 1.54) is 6.42 Å². The lowest BCUT2D eigenvalue weighted by molar-refractivity contribution is 0.0968. The largest absolute Gasteiger partial charge is 0.473 e. The lowest BCUT2D eigenvalue weighted by Gasteiger charge is -2.31. The quantitative estimate of drug-likeness (QED) is 0.879. The van der Waals surface area contributed by atoms with Crippen molar-refractivity contribution in [2.45, 2.75) is 39.2 Å². The van der Waals surface area contributed by atoms with Crippen molar-refractivity contribution in [3.05, 3.63) is 17.3 Å². The van der Waals surface area contributed by atoms with Gasteiger partial charge >= 0.3 is 0 Å². The van der Waals surface area contributed by atoms with Gasteiger partial charge in [-0.25, -0.2) is 4.98 Å². The number of rotatable bonds is 2. The molecule has 0 bridgehead atoms. The van der Waals surface area contributed by atoms with Gasteiger partial charge in [-0.1, -0.05) is 25.4 Å². The van der Waals surface area contributed by atoms with Gasteiger partial charge < -0.3 is 10.5 Å². The second-order valence-electron chi connectivity index (χ2n) is 5.21. The van der Waals surface area contributed by atoms with Gasteiger partial charge in [0.2, 0.25) is 5.88 Å². The van der Waals surface area contributed by atoms with Crippen LogP contribution in [0, 0.1) is 11.8 Å². The summed E-state index contributed by atoms with van der Waals surface area (Å²) >= 11 is 6.05. The number of nitrogens with zero attached hydrogens (tertiary/aromatic N) is 1. The fourth-order valence-corrected chi connectivity index (χ4v) is 2.87. The zero-order valence-corrected chi connectivity index (χ0v) is 11.1. The van der Waals surface area contributed by atoms with Crippen molar-refractivity contribution in [2.24, 2.45) is 11.8 Å². The summed E-state index contributed by atoms with van der Waals surface area (Å²) in [4.78, 5) is 4.14. The summed E-state index contributed by atoms with van der Waals surface area (Å²) in [5, 5.41) is 0.496. The first-order valence-corrected chi connectivity index (χ1v) is 6.50. The van der Waals surface area contributed by atoms with E-state index in [4.69, 9.17) is 22.1 Å².